The van der Waals surface area contributed by atoms with Crippen molar-refractivity contribution in [3.05, 3.63) is 40.8 Å². The minimum atomic E-state index is -0.153. The van der Waals surface area contributed by atoms with E-state index >= 15 is 0 Å². The van der Waals surface area contributed by atoms with Crippen molar-refractivity contribution in [3.8, 4) is 0 Å². The Balaban J connectivity index is 1.49. The number of nitrogens with one attached hydrogen (secondary N) is 2. The summed E-state index contributed by atoms with van der Waals surface area (Å²) in [6, 6.07) is 3.94. The maximum atomic E-state index is 12.7. The second-order valence-corrected chi connectivity index (χ2v) is 7.12. The van der Waals surface area contributed by atoms with E-state index in [9.17, 15) is 4.79 Å². The largest absolute Gasteiger partial charge is 0.369 e. The van der Waals surface area contributed by atoms with E-state index in [1.165, 1.54) is 12.8 Å². The number of ether oxygens (including phenoxy) is 1. The van der Waals surface area contributed by atoms with Crippen LogP contribution < -0.4 is 10.2 Å². The van der Waals surface area contributed by atoms with Crippen LogP contribution in [0.1, 0.15) is 60.1 Å². The molecule has 0 bridgehead atoms. The molecule has 0 saturated carbocycles. The first-order chi connectivity index (χ1) is 12.6. The maximum absolute atomic E-state index is 12.7. The molecule has 2 atom stereocenters. The van der Waals surface area contributed by atoms with E-state index in [0.717, 1.165) is 35.7 Å². The van der Waals surface area contributed by atoms with Crippen LogP contribution in [-0.4, -0.2) is 40.3 Å². The smallest absolute Gasteiger partial charge is 0.272 e. The Kier molecular flexibility index (Phi) is 4.63. The third-order valence-electron chi connectivity index (χ3n) is 5.16. The Morgan fingerprint density at radius 2 is 2.19 bits per heavy atom. The fourth-order valence-electron chi connectivity index (χ4n) is 3.90. The van der Waals surface area contributed by atoms with Gasteiger partial charge in [-0.3, -0.25) is 9.89 Å². The predicted molar refractivity (Wildman–Crippen MR) is 98.1 cm³/mol. The number of aromatic amines is 1. The van der Waals surface area contributed by atoms with Crippen LogP contribution in [0.2, 0.25) is 0 Å². The number of aromatic nitrogens is 3. The molecule has 2 N–H and O–H groups in total. The first-order valence-corrected chi connectivity index (χ1v) is 9.33. The molecule has 0 spiro atoms. The summed E-state index contributed by atoms with van der Waals surface area (Å²) < 4.78 is 5.79. The average Bonchev–Trinajstić information content (AvgIpc) is 3.29. The van der Waals surface area contributed by atoms with Crippen molar-refractivity contribution in [1.82, 2.24) is 20.5 Å². The van der Waals surface area contributed by atoms with Crippen molar-refractivity contribution >= 4 is 11.7 Å². The molecule has 0 radical (unpaired) electrons. The molecule has 0 aliphatic carbocycles. The molecular weight excluding hydrogens is 330 g/mol. The van der Waals surface area contributed by atoms with E-state index in [-0.39, 0.29) is 18.1 Å². The number of carbonyl (C=O) groups is 1. The summed E-state index contributed by atoms with van der Waals surface area (Å²) in [6.07, 6.45) is 4.92. The van der Waals surface area contributed by atoms with Crippen molar-refractivity contribution in [2.24, 2.45) is 0 Å². The second-order valence-electron chi connectivity index (χ2n) is 7.12. The highest BCUT2D eigenvalue weighted by molar-refractivity contribution is 5.94. The molecule has 2 aliphatic heterocycles. The van der Waals surface area contributed by atoms with Gasteiger partial charge in [0.25, 0.3) is 5.91 Å². The Morgan fingerprint density at radius 3 is 3.00 bits per heavy atom. The topological polar surface area (TPSA) is 83.1 Å². The van der Waals surface area contributed by atoms with Crippen LogP contribution in [0.4, 0.5) is 5.82 Å². The Labute approximate surface area is 153 Å². The summed E-state index contributed by atoms with van der Waals surface area (Å²) in [5, 5.41) is 10.2. The van der Waals surface area contributed by atoms with Crippen LogP contribution in [0.25, 0.3) is 0 Å². The first-order valence-electron chi connectivity index (χ1n) is 9.33. The van der Waals surface area contributed by atoms with Crippen LogP contribution in [0, 0.1) is 0 Å². The molecule has 0 aromatic carbocycles. The molecule has 26 heavy (non-hydrogen) atoms. The second kappa shape index (κ2) is 7.07. The van der Waals surface area contributed by atoms with E-state index in [1.807, 2.05) is 32.2 Å². The number of fused-ring (bicyclic) bond motifs is 1. The number of hydrogen-bond donors (Lipinski definition) is 2. The molecule has 2 aliphatic rings. The Morgan fingerprint density at radius 1 is 1.38 bits per heavy atom. The SMILES string of the molecule is C[C@@H]1Cc2c(C(=O)NCc3cccnc3N3CCCC3)n[nH]c2[C@H](C)O1. The Bertz CT molecular complexity index is 797. The highest BCUT2D eigenvalue weighted by atomic mass is 16.5. The molecule has 0 unspecified atom stereocenters. The summed E-state index contributed by atoms with van der Waals surface area (Å²) in [5.74, 6) is 0.824. The molecule has 1 saturated heterocycles. The lowest BCUT2D eigenvalue weighted by Gasteiger charge is -2.25. The molecular formula is C19H25N5O2. The van der Waals surface area contributed by atoms with Crippen molar-refractivity contribution in [2.75, 3.05) is 18.0 Å². The van der Waals surface area contributed by atoms with Gasteiger partial charge < -0.3 is 15.0 Å². The lowest BCUT2D eigenvalue weighted by atomic mass is 9.99. The summed E-state index contributed by atoms with van der Waals surface area (Å²) in [6.45, 7) is 6.50. The quantitative estimate of drug-likeness (QED) is 0.880. The number of rotatable bonds is 4. The molecule has 7 heteroatoms. The monoisotopic (exact) mass is 355 g/mol. The molecule has 4 rings (SSSR count). The third kappa shape index (κ3) is 3.19. The minimum Gasteiger partial charge on any atom is -0.369 e. The summed E-state index contributed by atoms with van der Waals surface area (Å²) in [5.41, 5.74) is 3.40. The van der Waals surface area contributed by atoms with Gasteiger partial charge in [-0.1, -0.05) is 6.07 Å². The van der Waals surface area contributed by atoms with Gasteiger partial charge in [0, 0.05) is 43.4 Å². The van der Waals surface area contributed by atoms with E-state index in [2.05, 4.69) is 25.4 Å². The number of carbonyl (C=O) groups excluding carboxylic acids is 1. The zero-order chi connectivity index (χ0) is 18.1. The molecule has 138 valence electrons. The zero-order valence-electron chi connectivity index (χ0n) is 15.3. The maximum Gasteiger partial charge on any atom is 0.272 e. The van der Waals surface area contributed by atoms with E-state index < -0.39 is 0 Å². The number of anilines is 1. The molecule has 4 heterocycles. The molecule has 1 amide bonds. The van der Waals surface area contributed by atoms with Gasteiger partial charge in [0.1, 0.15) is 5.82 Å². The summed E-state index contributed by atoms with van der Waals surface area (Å²) >= 11 is 0. The van der Waals surface area contributed by atoms with Crippen LogP contribution in [0.3, 0.4) is 0 Å². The van der Waals surface area contributed by atoms with Gasteiger partial charge in [-0.25, -0.2) is 4.98 Å². The van der Waals surface area contributed by atoms with E-state index in [4.69, 9.17) is 4.74 Å². The van der Waals surface area contributed by atoms with Crippen LogP contribution in [-0.2, 0) is 17.7 Å². The highest BCUT2D eigenvalue weighted by Crippen LogP contribution is 2.30. The number of hydrogen-bond acceptors (Lipinski definition) is 5. The standard InChI is InChI=1S/C19H25N5O2/c1-12-10-15-16(13(2)26-12)22-23-17(15)19(25)21-11-14-6-5-7-20-18(14)24-8-3-4-9-24/h5-7,12-13H,3-4,8-11H2,1-2H3,(H,21,25)(H,22,23)/t12-,13+/m1/s1. The molecule has 1 fully saturated rings. The lowest BCUT2D eigenvalue weighted by molar-refractivity contribution is -0.00697. The third-order valence-corrected chi connectivity index (χ3v) is 5.16. The minimum absolute atomic E-state index is 0.0668. The van der Waals surface area contributed by atoms with Gasteiger partial charge in [0.15, 0.2) is 5.69 Å². The van der Waals surface area contributed by atoms with Gasteiger partial charge >= 0.3 is 0 Å². The number of H-pyrrole nitrogens is 1. The van der Waals surface area contributed by atoms with Crippen molar-refractivity contribution in [2.45, 2.75) is 51.9 Å². The normalized spacial score (nSPS) is 22.3. The highest BCUT2D eigenvalue weighted by Gasteiger charge is 2.29. The Hall–Kier alpha value is -2.41. The van der Waals surface area contributed by atoms with Gasteiger partial charge in [-0.15, -0.1) is 0 Å². The van der Waals surface area contributed by atoms with Crippen LogP contribution >= 0.6 is 0 Å². The fraction of sp³-hybridized carbons (Fsp3) is 0.526. The molecule has 2 aromatic heterocycles. The fourth-order valence-corrected chi connectivity index (χ4v) is 3.90. The van der Waals surface area contributed by atoms with Gasteiger partial charge in [-0.2, -0.15) is 5.10 Å². The zero-order valence-corrected chi connectivity index (χ0v) is 15.3. The summed E-state index contributed by atoms with van der Waals surface area (Å²) in [7, 11) is 0. The summed E-state index contributed by atoms with van der Waals surface area (Å²) in [4.78, 5) is 19.5. The predicted octanol–water partition coefficient (Wildman–Crippen LogP) is 2.36. The van der Waals surface area contributed by atoms with Crippen molar-refractivity contribution in [1.29, 1.82) is 0 Å². The van der Waals surface area contributed by atoms with Gasteiger partial charge in [-0.05, 0) is 32.8 Å². The van der Waals surface area contributed by atoms with Crippen molar-refractivity contribution < 1.29 is 9.53 Å². The first kappa shape index (κ1) is 17.0. The van der Waals surface area contributed by atoms with Gasteiger partial charge in [0.2, 0.25) is 0 Å². The number of amides is 1. The molecule has 2 aromatic rings. The van der Waals surface area contributed by atoms with Crippen LogP contribution in [0.15, 0.2) is 18.3 Å². The van der Waals surface area contributed by atoms with Crippen LogP contribution in [0.5, 0.6) is 0 Å². The van der Waals surface area contributed by atoms with Crippen molar-refractivity contribution in [3.63, 3.8) is 0 Å². The van der Waals surface area contributed by atoms with Gasteiger partial charge in [0.05, 0.1) is 17.9 Å². The van der Waals surface area contributed by atoms with E-state index in [1.54, 1.807) is 0 Å². The van der Waals surface area contributed by atoms with E-state index in [0.29, 0.717) is 18.7 Å². The molecule has 7 nitrogen and oxygen atoms in total. The number of pyridine rings is 1. The average molecular weight is 355 g/mol. The number of nitrogens with zero attached hydrogens (tertiary/aromatic N) is 3. The lowest BCUT2D eigenvalue weighted by Crippen LogP contribution is -2.28.